The van der Waals surface area contributed by atoms with E-state index in [-0.39, 0.29) is 12.4 Å². The average molecular weight is 455 g/mol. The van der Waals surface area contributed by atoms with Gasteiger partial charge in [0.2, 0.25) is 0 Å². The highest BCUT2D eigenvalue weighted by Crippen LogP contribution is 2.34. The van der Waals surface area contributed by atoms with Crippen molar-refractivity contribution in [3.8, 4) is 28.4 Å². The molecule has 1 amide bonds. The quantitative estimate of drug-likeness (QED) is 0.410. The fourth-order valence-corrected chi connectivity index (χ4v) is 3.02. The van der Waals surface area contributed by atoms with Crippen LogP contribution in [0.3, 0.4) is 0 Å². The van der Waals surface area contributed by atoms with E-state index in [9.17, 15) is 9.90 Å². The van der Waals surface area contributed by atoms with E-state index < -0.39 is 5.91 Å². The normalized spacial score (nSPS) is 10.7. The van der Waals surface area contributed by atoms with Crippen molar-refractivity contribution in [1.82, 2.24) is 5.43 Å². The summed E-state index contributed by atoms with van der Waals surface area (Å²) in [5, 5.41) is 13.7. The van der Waals surface area contributed by atoms with Crippen LogP contribution < -0.4 is 14.9 Å². The summed E-state index contributed by atoms with van der Waals surface area (Å²) in [5.74, 6) is 0.504. The first-order chi connectivity index (χ1) is 14.1. The zero-order chi connectivity index (χ0) is 20.6. The van der Waals surface area contributed by atoms with Crippen LogP contribution in [0, 0.1) is 0 Å². The minimum Gasteiger partial charge on any atom is -0.503 e. The van der Waals surface area contributed by atoms with Gasteiger partial charge in [-0.05, 0) is 56.9 Å². The highest BCUT2D eigenvalue weighted by Gasteiger charge is 2.08. The van der Waals surface area contributed by atoms with Crippen LogP contribution in [0.1, 0.15) is 5.56 Å². The Balaban J connectivity index is 1.51. The lowest BCUT2D eigenvalue weighted by molar-refractivity contribution is -0.123. The van der Waals surface area contributed by atoms with Crippen molar-refractivity contribution >= 4 is 28.1 Å². The topological polar surface area (TPSA) is 80.2 Å². The van der Waals surface area contributed by atoms with Gasteiger partial charge in [-0.15, -0.1) is 0 Å². The Labute approximate surface area is 176 Å². The number of nitrogens with one attached hydrogen (secondary N) is 1. The van der Waals surface area contributed by atoms with Gasteiger partial charge in [0.05, 0.1) is 17.8 Å². The van der Waals surface area contributed by atoms with Crippen molar-refractivity contribution in [1.29, 1.82) is 0 Å². The highest BCUT2D eigenvalue weighted by atomic mass is 79.9. The molecule has 2 N–H and O–H groups in total. The first-order valence-electron chi connectivity index (χ1n) is 8.73. The van der Waals surface area contributed by atoms with Gasteiger partial charge in [0.25, 0.3) is 5.91 Å². The number of hydrogen-bond acceptors (Lipinski definition) is 5. The number of methoxy groups -OCH3 is 1. The van der Waals surface area contributed by atoms with Crippen LogP contribution in [0.4, 0.5) is 0 Å². The number of phenolic OH excluding ortho intramolecular Hbond substituents is 1. The van der Waals surface area contributed by atoms with E-state index in [4.69, 9.17) is 9.47 Å². The van der Waals surface area contributed by atoms with Crippen LogP contribution in [0.25, 0.3) is 11.1 Å². The molecule has 0 aliphatic heterocycles. The third kappa shape index (κ3) is 5.58. The van der Waals surface area contributed by atoms with Crippen molar-refractivity contribution in [2.24, 2.45) is 5.10 Å². The SMILES string of the molecule is COc1cc(C=NNC(=O)COc2ccc(-c3ccccc3)cc2)cc(Br)c1O. The molecule has 0 heterocycles. The van der Waals surface area contributed by atoms with E-state index in [2.05, 4.69) is 26.5 Å². The Kier molecular flexibility index (Phi) is 6.86. The number of rotatable bonds is 7. The molecule has 29 heavy (non-hydrogen) atoms. The molecule has 6 nitrogen and oxygen atoms in total. The monoisotopic (exact) mass is 454 g/mol. The second-order valence-electron chi connectivity index (χ2n) is 6.03. The van der Waals surface area contributed by atoms with Gasteiger partial charge in [-0.1, -0.05) is 42.5 Å². The van der Waals surface area contributed by atoms with Gasteiger partial charge in [0, 0.05) is 0 Å². The van der Waals surface area contributed by atoms with Gasteiger partial charge < -0.3 is 14.6 Å². The van der Waals surface area contributed by atoms with Gasteiger partial charge in [0.15, 0.2) is 18.1 Å². The van der Waals surface area contributed by atoms with Crippen molar-refractivity contribution in [3.05, 3.63) is 76.8 Å². The molecule has 148 valence electrons. The number of phenols is 1. The number of aromatic hydroxyl groups is 1. The number of amides is 1. The molecule has 3 aromatic carbocycles. The summed E-state index contributed by atoms with van der Waals surface area (Å²) in [5.41, 5.74) is 5.23. The van der Waals surface area contributed by atoms with Crippen LogP contribution in [0.2, 0.25) is 0 Å². The van der Waals surface area contributed by atoms with E-state index in [1.165, 1.54) is 13.3 Å². The molecule has 0 bridgehead atoms. The Bertz CT molecular complexity index is 1010. The van der Waals surface area contributed by atoms with Crippen LogP contribution in [0.15, 0.2) is 76.3 Å². The lowest BCUT2D eigenvalue weighted by atomic mass is 10.1. The van der Waals surface area contributed by atoms with Crippen LogP contribution in [0.5, 0.6) is 17.2 Å². The maximum absolute atomic E-state index is 11.9. The molecule has 0 saturated heterocycles. The Morgan fingerprint density at radius 1 is 1.10 bits per heavy atom. The molecule has 3 aromatic rings. The Morgan fingerprint density at radius 3 is 2.48 bits per heavy atom. The average Bonchev–Trinajstić information content (AvgIpc) is 2.75. The molecule has 0 atom stereocenters. The lowest BCUT2D eigenvalue weighted by Crippen LogP contribution is -2.24. The smallest absolute Gasteiger partial charge is 0.277 e. The molecule has 0 aromatic heterocycles. The predicted octanol–water partition coefficient (Wildman–Crippen LogP) is 4.36. The number of hydrazone groups is 1. The number of benzene rings is 3. The standard InChI is InChI=1S/C22H19BrN2O4/c1-28-20-12-15(11-19(23)22(20)27)13-24-25-21(26)14-29-18-9-7-17(8-10-18)16-5-3-2-4-6-16/h2-13,27H,14H2,1H3,(H,25,26). The number of hydrogen-bond donors (Lipinski definition) is 2. The predicted molar refractivity (Wildman–Crippen MR) is 115 cm³/mol. The number of carbonyl (C=O) groups excluding carboxylic acids is 1. The zero-order valence-electron chi connectivity index (χ0n) is 15.6. The summed E-state index contributed by atoms with van der Waals surface area (Å²) in [6.45, 7) is -0.162. The highest BCUT2D eigenvalue weighted by molar-refractivity contribution is 9.10. The third-order valence-electron chi connectivity index (χ3n) is 4.00. The summed E-state index contributed by atoms with van der Waals surface area (Å²) < 4.78 is 11.0. The summed E-state index contributed by atoms with van der Waals surface area (Å²) in [6, 6.07) is 20.8. The number of nitrogens with zero attached hydrogens (tertiary/aromatic N) is 1. The molecule has 0 aliphatic carbocycles. The number of ether oxygens (including phenoxy) is 2. The fraction of sp³-hybridized carbons (Fsp3) is 0.0909. The molecule has 3 rings (SSSR count). The van der Waals surface area contributed by atoms with Crippen LogP contribution in [-0.4, -0.2) is 30.9 Å². The maximum atomic E-state index is 11.9. The van der Waals surface area contributed by atoms with Crippen LogP contribution in [-0.2, 0) is 4.79 Å². The van der Waals surface area contributed by atoms with Crippen molar-refractivity contribution in [2.75, 3.05) is 13.7 Å². The van der Waals surface area contributed by atoms with E-state index in [0.717, 1.165) is 11.1 Å². The van der Waals surface area contributed by atoms with Gasteiger partial charge in [0.1, 0.15) is 5.75 Å². The molecule has 0 fully saturated rings. The van der Waals surface area contributed by atoms with Crippen molar-refractivity contribution < 1.29 is 19.4 Å². The zero-order valence-corrected chi connectivity index (χ0v) is 17.2. The molecular weight excluding hydrogens is 436 g/mol. The van der Waals surface area contributed by atoms with E-state index in [1.54, 1.807) is 12.1 Å². The Morgan fingerprint density at radius 2 is 1.79 bits per heavy atom. The number of halogens is 1. The third-order valence-corrected chi connectivity index (χ3v) is 4.61. The lowest BCUT2D eigenvalue weighted by Gasteiger charge is -2.07. The first kappa shape index (κ1) is 20.4. The summed E-state index contributed by atoms with van der Waals surface area (Å²) >= 11 is 3.23. The molecule has 0 spiro atoms. The van der Waals surface area contributed by atoms with E-state index >= 15 is 0 Å². The van der Waals surface area contributed by atoms with Gasteiger partial charge in [-0.25, -0.2) is 5.43 Å². The molecule has 0 unspecified atom stereocenters. The molecule has 0 aliphatic rings. The largest absolute Gasteiger partial charge is 0.503 e. The van der Waals surface area contributed by atoms with Crippen molar-refractivity contribution in [2.45, 2.75) is 0 Å². The fourth-order valence-electron chi connectivity index (χ4n) is 2.56. The minimum absolute atomic E-state index is 0.000341. The summed E-state index contributed by atoms with van der Waals surface area (Å²) in [4.78, 5) is 11.9. The van der Waals surface area contributed by atoms with E-state index in [0.29, 0.717) is 21.5 Å². The molecule has 7 heteroatoms. The molecule has 0 radical (unpaired) electrons. The second-order valence-corrected chi connectivity index (χ2v) is 6.88. The first-order valence-corrected chi connectivity index (χ1v) is 9.53. The van der Waals surface area contributed by atoms with Gasteiger partial charge in [-0.2, -0.15) is 5.10 Å². The van der Waals surface area contributed by atoms with Gasteiger partial charge in [-0.3, -0.25) is 4.79 Å². The van der Waals surface area contributed by atoms with E-state index in [1.807, 2.05) is 54.6 Å². The minimum atomic E-state index is -0.391. The molecule has 0 saturated carbocycles. The van der Waals surface area contributed by atoms with Crippen molar-refractivity contribution in [3.63, 3.8) is 0 Å². The van der Waals surface area contributed by atoms with Crippen LogP contribution >= 0.6 is 15.9 Å². The number of carbonyl (C=O) groups is 1. The maximum Gasteiger partial charge on any atom is 0.277 e. The summed E-state index contributed by atoms with van der Waals surface area (Å²) in [6.07, 6.45) is 1.44. The summed E-state index contributed by atoms with van der Waals surface area (Å²) in [7, 11) is 1.45. The second kappa shape index (κ2) is 9.75. The molecular formula is C22H19BrN2O4. The Hall–Kier alpha value is -3.32. The van der Waals surface area contributed by atoms with Gasteiger partial charge >= 0.3 is 0 Å².